The van der Waals surface area contributed by atoms with E-state index in [2.05, 4.69) is 115 Å². The van der Waals surface area contributed by atoms with Crippen LogP contribution in [0.4, 0.5) is 0 Å². The summed E-state index contributed by atoms with van der Waals surface area (Å²) < 4.78 is 0. The maximum Gasteiger partial charge on any atom is 0.160 e. The van der Waals surface area contributed by atoms with Crippen LogP contribution in [-0.2, 0) is 0 Å². The second-order valence-corrected chi connectivity index (χ2v) is 12.2. The van der Waals surface area contributed by atoms with Gasteiger partial charge in [-0.25, -0.2) is 9.97 Å². The molecule has 0 radical (unpaired) electrons. The number of hydrogen-bond acceptors (Lipinski definition) is 3. The maximum absolute atomic E-state index is 9.02. The van der Waals surface area contributed by atoms with Crippen molar-refractivity contribution >= 4 is 22.1 Å². The minimum absolute atomic E-state index is 0.462. The summed E-state index contributed by atoms with van der Waals surface area (Å²) in [7, 11) is 0. The van der Waals surface area contributed by atoms with Crippen LogP contribution in [0.2, 0.25) is 0 Å². The van der Waals surface area contributed by atoms with Crippen molar-refractivity contribution in [1.29, 1.82) is 5.41 Å². The van der Waals surface area contributed by atoms with Crippen molar-refractivity contribution in [3.63, 3.8) is 0 Å². The fourth-order valence-corrected chi connectivity index (χ4v) is 6.37. The average molecular weight is 640 g/mol. The second kappa shape index (κ2) is 13.8. The third-order valence-electron chi connectivity index (χ3n) is 8.97. The van der Waals surface area contributed by atoms with E-state index in [1.807, 2.05) is 78.9 Å². The molecule has 8 rings (SSSR count). The lowest BCUT2D eigenvalue weighted by atomic mass is 9.90. The van der Waals surface area contributed by atoms with Crippen LogP contribution in [0.3, 0.4) is 0 Å². The molecule has 50 heavy (non-hydrogen) atoms. The van der Waals surface area contributed by atoms with E-state index in [4.69, 9.17) is 15.4 Å². The van der Waals surface area contributed by atoms with Gasteiger partial charge < -0.3 is 5.41 Å². The van der Waals surface area contributed by atoms with Gasteiger partial charge >= 0.3 is 0 Å². The zero-order valence-electron chi connectivity index (χ0n) is 27.4. The lowest BCUT2D eigenvalue weighted by Crippen LogP contribution is -1.99. The third-order valence-corrected chi connectivity index (χ3v) is 8.97. The van der Waals surface area contributed by atoms with Crippen molar-refractivity contribution in [3.05, 3.63) is 211 Å². The fourth-order valence-electron chi connectivity index (χ4n) is 6.37. The first-order chi connectivity index (χ1) is 24.7. The molecular weight excluding hydrogens is 607 g/mol. The van der Waals surface area contributed by atoms with E-state index in [1.165, 1.54) is 5.56 Å². The van der Waals surface area contributed by atoms with E-state index < -0.39 is 0 Å². The molecule has 7 aromatic carbocycles. The molecule has 0 aliphatic heterocycles. The molecular formula is C47H33N3. The van der Waals surface area contributed by atoms with Gasteiger partial charge in [-0.05, 0) is 62.4 Å². The Morgan fingerprint density at radius 2 is 0.940 bits per heavy atom. The van der Waals surface area contributed by atoms with Crippen molar-refractivity contribution < 1.29 is 0 Å². The number of benzene rings is 7. The van der Waals surface area contributed by atoms with Crippen LogP contribution in [-0.4, -0.2) is 15.7 Å². The Balaban J connectivity index is 1.27. The van der Waals surface area contributed by atoms with Gasteiger partial charge in [-0.15, -0.1) is 0 Å². The molecule has 236 valence electrons. The summed E-state index contributed by atoms with van der Waals surface area (Å²) in [5.74, 6) is 0.680. The highest BCUT2D eigenvalue weighted by atomic mass is 14.9. The minimum atomic E-state index is 0.462. The Morgan fingerprint density at radius 3 is 1.60 bits per heavy atom. The van der Waals surface area contributed by atoms with Crippen LogP contribution < -0.4 is 0 Å². The summed E-state index contributed by atoms with van der Waals surface area (Å²) in [5.41, 5.74) is 11.5. The van der Waals surface area contributed by atoms with Crippen LogP contribution in [0.5, 0.6) is 0 Å². The highest BCUT2D eigenvalue weighted by Gasteiger charge is 2.15. The van der Waals surface area contributed by atoms with Crippen molar-refractivity contribution in [2.24, 2.45) is 0 Å². The molecule has 3 heteroatoms. The molecule has 0 aliphatic carbocycles. The van der Waals surface area contributed by atoms with Gasteiger partial charge in [-0.1, -0.05) is 176 Å². The van der Waals surface area contributed by atoms with E-state index in [0.29, 0.717) is 11.5 Å². The molecule has 0 atom stereocenters. The predicted octanol–water partition coefficient (Wildman–Crippen LogP) is 11.8. The number of allylic oxidation sites excluding steroid dienone is 1. The van der Waals surface area contributed by atoms with E-state index in [0.717, 1.165) is 66.7 Å². The maximum atomic E-state index is 9.02. The van der Waals surface area contributed by atoms with Crippen molar-refractivity contribution in [1.82, 2.24) is 9.97 Å². The Bertz CT molecular complexity index is 2450. The average Bonchev–Trinajstić information content (AvgIpc) is 3.20. The van der Waals surface area contributed by atoms with Gasteiger partial charge in [-0.2, -0.15) is 0 Å². The zero-order valence-corrected chi connectivity index (χ0v) is 27.4. The topological polar surface area (TPSA) is 49.6 Å². The number of rotatable bonds is 8. The monoisotopic (exact) mass is 639 g/mol. The summed E-state index contributed by atoms with van der Waals surface area (Å²) in [6.45, 7) is 0. The fraction of sp³-hybridized carbons (Fsp3) is 0. The largest absolute Gasteiger partial charge is 0.300 e. The molecule has 0 aliphatic rings. The van der Waals surface area contributed by atoms with Crippen molar-refractivity contribution in [2.45, 2.75) is 0 Å². The quantitative estimate of drug-likeness (QED) is 0.168. The molecule has 0 saturated carbocycles. The number of hydrogen-bond donors (Lipinski definition) is 1. The van der Waals surface area contributed by atoms with Crippen LogP contribution in [0.1, 0.15) is 16.7 Å². The molecule has 8 aromatic rings. The first kappa shape index (κ1) is 30.6. The van der Waals surface area contributed by atoms with E-state index in [-0.39, 0.29) is 0 Å². The number of nitrogens with zero attached hydrogens (tertiary/aromatic N) is 2. The van der Waals surface area contributed by atoms with Crippen molar-refractivity contribution in [2.75, 3.05) is 0 Å². The van der Waals surface area contributed by atoms with E-state index in [9.17, 15) is 0 Å². The summed E-state index contributed by atoms with van der Waals surface area (Å²) in [4.78, 5) is 10.2. The highest BCUT2D eigenvalue weighted by molar-refractivity contribution is 6.13. The van der Waals surface area contributed by atoms with E-state index >= 15 is 0 Å². The van der Waals surface area contributed by atoms with Gasteiger partial charge in [0.15, 0.2) is 5.82 Å². The molecule has 0 bridgehead atoms. The smallest absolute Gasteiger partial charge is 0.160 e. The van der Waals surface area contributed by atoms with Gasteiger partial charge in [0.05, 0.1) is 17.1 Å². The molecule has 1 N–H and O–H groups in total. The molecule has 0 amide bonds. The number of fused-ring (bicyclic) bond motifs is 1. The molecule has 0 spiro atoms. The number of nitrogens with one attached hydrogen (secondary N) is 1. The lowest BCUT2D eigenvalue weighted by Gasteiger charge is -2.15. The molecule has 3 nitrogen and oxygen atoms in total. The van der Waals surface area contributed by atoms with Crippen LogP contribution in [0, 0.1) is 5.41 Å². The summed E-state index contributed by atoms with van der Waals surface area (Å²) in [6.07, 6.45) is 1.99. The standard InChI is InChI=1S/C47H33N3/c48-44(37-18-9-3-10-19-37)31-43(35-16-7-2-8-17-35)41-23-13-22-36-26-29-40(30-42(36)41)46-32-45(49-47(50-46)39-20-11-4-12-21-39)38-27-24-34(25-28-38)33-14-5-1-6-15-33/h1-32,48H/b43-31-,48-44?. The Hall–Kier alpha value is -6.71. The van der Waals surface area contributed by atoms with Crippen LogP contribution >= 0.6 is 0 Å². The van der Waals surface area contributed by atoms with Gasteiger partial charge in [0.1, 0.15) is 0 Å². The van der Waals surface area contributed by atoms with Crippen molar-refractivity contribution in [3.8, 4) is 45.0 Å². The lowest BCUT2D eigenvalue weighted by molar-refractivity contribution is 1.18. The highest BCUT2D eigenvalue weighted by Crippen LogP contribution is 2.35. The number of aromatic nitrogens is 2. The third kappa shape index (κ3) is 6.41. The van der Waals surface area contributed by atoms with Crippen LogP contribution in [0.15, 0.2) is 194 Å². The SMILES string of the molecule is N=C(/C=C(/c1ccccc1)c1cccc2ccc(-c3cc(-c4ccc(-c5ccccc5)cc4)nc(-c4ccccc4)n3)cc12)c1ccccc1. The summed E-state index contributed by atoms with van der Waals surface area (Å²) in [5, 5.41) is 11.2. The Kier molecular flexibility index (Phi) is 8.45. The first-order valence-electron chi connectivity index (χ1n) is 16.7. The predicted molar refractivity (Wildman–Crippen MR) is 208 cm³/mol. The molecule has 0 unspecified atom stereocenters. The van der Waals surface area contributed by atoms with Crippen LogP contribution in [0.25, 0.3) is 61.4 Å². The van der Waals surface area contributed by atoms with Gasteiger partial charge in [0, 0.05) is 16.7 Å². The summed E-state index contributed by atoms with van der Waals surface area (Å²) in [6, 6.07) is 64.4. The van der Waals surface area contributed by atoms with Gasteiger partial charge in [0.25, 0.3) is 0 Å². The first-order valence-corrected chi connectivity index (χ1v) is 16.7. The second-order valence-electron chi connectivity index (χ2n) is 12.2. The van der Waals surface area contributed by atoms with Gasteiger partial charge in [0.2, 0.25) is 0 Å². The Morgan fingerprint density at radius 1 is 0.420 bits per heavy atom. The molecule has 0 fully saturated rings. The molecule has 0 saturated heterocycles. The molecule has 1 aromatic heterocycles. The van der Waals surface area contributed by atoms with E-state index in [1.54, 1.807) is 0 Å². The minimum Gasteiger partial charge on any atom is -0.300 e. The normalized spacial score (nSPS) is 11.4. The Labute approximate surface area is 292 Å². The van der Waals surface area contributed by atoms with Gasteiger partial charge in [-0.3, -0.25) is 0 Å². The molecule has 1 heterocycles. The summed E-state index contributed by atoms with van der Waals surface area (Å²) >= 11 is 0. The zero-order chi connectivity index (χ0) is 33.7.